The summed E-state index contributed by atoms with van der Waals surface area (Å²) in [4.78, 5) is 40.7. The maximum absolute atomic E-state index is 13.1. The van der Waals surface area contributed by atoms with Crippen molar-refractivity contribution in [2.75, 3.05) is 11.9 Å². The highest BCUT2D eigenvalue weighted by molar-refractivity contribution is 7.13. The number of carbonyl (C=O) groups is 3. The van der Waals surface area contributed by atoms with Crippen molar-refractivity contribution in [1.29, 1.82) is 0 Å². The van der Waals surface area contributed by atoms with Gasteiger partial charge < -0.3 is 10.6 Å². The Bertz CT molecular complexity index is 944. The van der Waals surface area contributed by atoms with Crippen LogP contribution in [0.3, 0.4) is 0 Å². The van der Waals surface area contributed by atoms with Gasteiger partial charge in [0.05, 0.1) is 0 Å². The number of benzene rings is 1. The van der Waals surface area contributed by atoms with E-state index in [1.165, 1.54) is 19.1 Å². The third-order valence-electron chi connectivity index (χ3n) is 4.04. The first kappa shape index (κ1) is 19.7. The molecular formula is C16H12F4N4O3S. The molecule has 7 nitrogen and oxygen atoms in total. The maximum atomic E-state index is 13.1. The smallest absolute Gasteiger partial charge is 0.319 e. The van der Waals surface area contributed by atoms with Crippen LogP contribution in [0.4, 0.5) is 27.5 Å². The first-order chi connectivity index (χ1) is 13.0. The monoisotopic (exact) mass is 416 g/mol. The fourth-order valence-electron chi connectivity index (χ4n) is 2.58. The number of carbonyl (C=O) groups excluding carboxylic acids is 3. The number of alkyl halides is 3. The summed E-state index contributed by atoms with van der Waals surface area (Å²) in [5.41, 5.74) is -2.35. The number of hydrogen-bond donors (Lipinski definition) is 2. The molecule has 2 N–H and O–H groups in total. The van der Waals surface area contributed by atoms with Crippen LogP contribution >= 0.6 is 11.3 Å². The Kier molecular flexibility index (Phi) is 4.83. The van der Waals surface area contributed by atoms with E-state index in [4.69, 9.17) is 0 Å². The molecule has 0 radical (unpaired) electrons. The Hall–Kier alpha value is -3.02. The lowest BCUT2D eigenvalue weighted by molar-refractivity contribution is -0.140. The molecule has 3 rings (SSSR count). The van der Waals surface area contributed by atoms with Crippen molar-refractivity contribution in [3.63, 3.8) is 0 Å². The van der Waals surface area contributed by atoms with Crippen molar-refractivity contribution >= 4 is 34.3 Å². The molecule has 1 unspecified atom stereocenters. The molecule has 2 aromatic rings. The molecule has 28 heavy (non-hydrogen) atoms. The summed E-state index contributed by atoms with van der Waals surface area (Å²) in [6.07, 6.45) is -4.65. The van der Waals surface area contributed by atoms with E-state index in [2.05, 4.69) is 15.6 Å². The SMILES string of the molecule is CC1(c2ccc(F)cc2)NC(=O)N(CC(=O)Nc2nc(C(F)(F)F)cs2)C1=O. The zero-order valence-electron chi connectivity index (χ0n) is 14.1. The zero-order valence-corrected chi connectivity index (χ0v) is 14.9. The average Bonchev–Trinajstić information content (AvgIpc) is 3.15. The number of anilines is 1. The minimum Gasteiger partial charge on any atom is -0.319 e. The number of nitrogens with zero attached hydrogens (tertiary/aromatic N) is 2. The van der Waals surface area contributed by atoms with Crippen molar-refractivity contribution in [2.45, 2.75) is 18.6 Å². The molecule has 1 atom stereocenters. The van der Waals surface area contributed by atoms with E-state index >= 15 is 0 Å². The summed E-state index contributed by atoms with van der Waals surface area (Å²) in [5, 5.41) is 4.97. The van der Waals surface area contributed by atoms with Gasteiger partial charge in [0.25, 0.3) is 5.91 Å². The molecule has 12 heteroatoms. The Morgan fingerprint density at radius 2 is 1.93 bits per heavy atom. The third-order valence-corrected chi connectivity index (χ3v) is 4.80. The Morgan fingerprint density at radius 1 is 1.29 bits per heavy atom. The number of aromatic nitrogens is 1. The molecule has 2 heterocycles. The lowest BCUT2D eigenvalue weighted by atomic mass is 9.92. The highest BCUT2D eigenvalue weighted by atomic mass is 32.1. The van der Waals surface area contributed by atoms with Crippen molar-refractivity contribution in [3.05, 3.63) is 46.7 Å². The van der Waals surface area contributed by atoms with Crippen LogP contribution in [0.25, 0.3) is 0 Å². The lowest BCUT2D eigenvalue weighted by Gasteiger charge is -2.22. The van der Waals surface area contributed by atoms with Gasteiger partial charge in [-0.15, -0.1) is 11.3 Å². The fourth-order valence-corrected chi connectivity index (χ4v) is 3.32. The van der Waals surface area contributed by atoms with Gasteiger partial charge in [0.2, 0.25) is 5.91 Å². The highest BCUT2D eigenvalue weighted by Gasteiger charge is 2.49. The predicted molar refractivity (Wildman–Crippen MR) is 89.7 cm³/mol. The van der Waals surface area contributed by atoms with Crippen LogP contribution in [0.15, 0.2) is 29.6 Å². The van der Waals surface area contributed by atoms with Gasteiger partial charge in [0, 0.05) is 5.38 Å². The molecule has 1 aromatic heterocycles. The van der Waals surface area contributed by atoms with Crippen LogP contribution in [-0.2, 0) is 21.3 Å². The van der Waals surface area contributed by atoms with Gasteiger partial charge in [0.1, 0.15) is 17.9 Å². The van der Waals surface area contributed by atoms with E-state index in [-0.39, 0.29) is 5.13 Å². The molecule has 0 spiro atoms. The summed E-state index contributed by atoms with van der Waals surface area (Å²) in [5.74, 6) is -2.17. The van der Waals surface area contributed by atoms with Crippen LogP contribution in [0.1, 0.15) is 18.2 Å². The molecule has 1 saturated heterocycles. The molecular weight excluding hydrogens is 404 g/mol. The average molecular weight is 416 g/mol. The normalized spacial score (nSPS) is 19.7. The molecule has 0 aliphatic carbocycles. The Balaban J connectivity index is 1.71. The molecule has 1 aliphatic heterocycles. The minimum absolute atomic E-state index is 0.310. The summed E-state index contributed by atoms with van der Waals surface area (Å²) in [6, 6.07) is 4.03. The van der Waals surface area contributed by atoms with Gasteiger partial charge in [0.15, 0.2) is 10.8 Å². The second kappa shape index (κ2) is 6.86. The van der Waals surface area contributed by atoms with E-state index < -0.39 is 47.6 Å². The highest BCUT2D eigenvalue weighted by Crippen LogP contribution is 2.32. The zero-order chi connectivity index (χ0) is 20.7. The summed E-state index contributed by atoms with van der Waals surface area (Å²) in [7, 11) is 0. The third kappa shape index (κ3) is 3.67. The van der Waals surface area contributed by atoms with E-state index in [0.29, 0.717) is 21.8 Å². The topological polar surface area (TPSA) is 91.4 Å². The van der Waals surface area contributed by atoms with E-state index in [0.717, 1.165) is 17.5 Å². The Labute approximate surface area is 159 Å². The van der Waals surface area contributed by atoms with Gasteiger partial charge in [-0.05, 0) is 24.6 Å². The van der Waals surface area contributed by atoms with Crippen molar-refractivity contribution < 1.29 is 31.9 Å². The molecule has 4 amide bonds. The number of urea groups is 1. The van der Waals surface area contributed by atoms with Crippen molar-refractivity contribution in [1.82, 2.24) is 15.2 Å². The largest absolute Gasteiger partial charge is 0.434 e. The van der Waals surface area contributed by atoms with Gasteiger partial charge in [-0.3, -0.25) is 14.5 Å². The van der Waals surface area contributed by atoms with E-state index in [1.807, 2.05) is 0 Å². The second-order valence-electron chi connectivity index (χ2n) is 6.04. The minimum atomic E-state index is -4.65. The quantitative estimate of drug-likeness (QED) is 0.592. The number of nitrogens with one attached hydrogen (secondary N) is 2. The standard InChI is InChI=1S/C16H12F4N4O3S/c1-15(8-2-4-9(17)5-3-8)12(26)24(14(27)23-15)6-11(25)22-13-21-10(7-28-13)16(18,19)20/h2-5,7H,6H2,1H3,(H,23,27)(H,21,22,25). The van der Waals surface area contributed by atoms with Gasteiger partial charge in [-0.2, -0.15) is 13.2 Å². The van der Waals surface area contributed by atoms with Crippen molar-refractivity contribution in [2.24, 2.45) is 0 Å². The number of hydrogen-bond acceptors (Lipinski definition) is 5. The predicted octanol–water partition coefficient (Wildman–Crippen LogP) is 2.71. The van der Waals surface area contributed by atoms with Gasteiger partial charge >= 0.3 is 12.2 Å². The number of imide groups is 1. The maximum Gasteiger partial charge on any atom is 0.434 e. The first-order valence-corrected chi connectivity index (χ1v) is 8.61. The van der Waals surface area contributed by atoms with E-state index in [9.17, 15) is 31.9 Å². The molecule has 1 aromatic carbocycles. The molecule has 0 saturated carbocycles. The van der Waals surface area contributed by atoms with Crippen LogP contribution in [0, 0.1) is 5.82 Å². The summed E-state index contributed by atoms with van der Waals surface area (Å²) < 4.78 is 50.7. The van der Waals surface area contributed by atoms with Crippen LogP contribution < -0.4 is 10.6 Å². The first-order valence-electron chi connectivity index (χ1n) is 7.73. The van der Waals surface area contributed by atoms with Crippen LogP contribution in [0.5, 0.6) is 0 Å². The fraction of sp³-hybridized carbons (Fsp3) is 0.250. The summed E-state index contributed by atoms with van der Waals surface area (Å²) in [6.45, 7) is 0.678. The van der Waals surface area contributed by atoms with Gasteiger partial charge in [-0.25, -0.2) is 14.2 Å². The summed E-state index contributed by atoms with van der Waals surface area (Å²) >= 11 is 0.560. The van der Waals surface area contributed by atoms with Crippen LogP contribution in [0.2, 0.25) is 0 Å². The second-order valence-corrected chi connectivity index (χ2v) is 6.90. The molecule has 1 aliphatic rings. The molecule has 1 fully saturated rings. The van der Waals surface area contributed by atoms with E-state index in [1.54, 1.807) is 0 Å². The number of thiazole rings is 1. The number of halogens is 4. The lowest BCUT2D eigenvalue weighted by Crippen LogP contribution is -2.42. The van der Waals surface area contributed by atoms with Crippen LogP contribution in [-0.4, -0.2) is 34.3 Å². The Morgan fingerprint density at radius 3 is 2.50 bits per heavy atom. The molecule has 148 valence electrons. The number of rotatable bonds is 4. The number of amides is 4. The molecule has 0 bridgehead atoms. The van der Waals surface area contributed by atoms with Crippen molar-refractivity contribution in [3.8, 4) is 0 Å². The van der Waals surface area contributed by atoms with Gasteiger partial charge in [-0.1, -0.05) is 12.1 Å².